The Morgan fingerprint density at radius 2 is 1.65 bits per heavy atom. The van der Waals surface area contributed by atoms with E-state index in [1.165, 1.54) is 21.3 Å². The number of carbonyl (C=O) groups is 2. The normalized spacial score (nSPS) is 10.0. The zero-order valence-corrected chi connectivity index (χ0v) is 13.7. The molecular formula is C16H23NO6. The number of rotatable bonds is 10. The number of methoxy groups -OCH3 is 3. The van der Waals surface area contributed by atoms with Gasteiger partial charge in [-0.3, -0.25) is 9.59 Å². The molecular weight excluding hydrogens is 302 g/mol. The SMILES string of the molecule is COc1ccc(CNC(=O)CCCCC(=O)O)c(OC)c1OC. The van der Waals surface area contributed by atoms with Crippen LogP contribution in [-0.4, -0.2) is 38.3 Å². The van der Waals surface area contributed by atoms with Gasteiger partial charge in [0.15, 0.2) is 11.5 Å². The standard InChI is InChI=1S/C16H23NO6/c1-21-12-9-8-11(15(22-2)16(12)23-3)10-17-13(18)6-4-5-7-14(19)20/h8-9H,4-7,10H2,1-3H3,(H,17,18)(H,19,20). The number of ether oxygens (including phenoxy) is 3. The molecule has 0 aliphatic rings. The number of hydrogen-bond acceptors (Lipinski definition) is 5. The summed E-state index contributed by atoms with van der Waals surface area (Å²) in [6, 6.07) is 3.54. The van der Waals surface area contributed by atoms with Crippen molar-refractivity contribution in [2.24, 2.45) is 0 Å². The third-order valence-corrected chi connectivity index (χ3v) is 3.31. The molecule has 1 amide bonds. The first-order valence-electron chi connectivity index (χ1n) is 7.29. The molecule has 0 aliphatic heterocycles. The molecule has 0 saturated carbocycles. The second-order valence-corrected chi connectivity index (χ2v) is 4.87. The average Bonchev–Trinajstić information content (AvgIpc) is 2.55. The van der Waals surface area contributed by atoms with Gasteiger partial charge in [0.05, 0.1) is 21.3 Å². The van der Waals surface area contributed by atoms with Gasteiger partial charge in [0, 0.05) is 24.9 Å². The van der Waals surface area contributed by atoms with Crippen LogP contribution in [0.1, 0.15) is 31.2 Å². The van der Waals surface area contributed by atoms with Gasteiger partial charge in [-0.15, -0.1) is 0 Å². The predicted molar refractivity (Wildman–Crippen MR) is 84.0 cm³/mol. The quantitative estimate of drug-likeness (QED) is 0.639. The molecule has 2 N–H and O–H groups in total. The smallest absolute Gasteiger partial charge is 0.303 e. The number of carboxylic acids is 1. The van der Waals surface area contributed by atoms with Crippen molar-refractivity contribution in [2.75, 3.05) is 21.3 Å². The van der Waals surface area contributed by atoms with E-state index in [0.29, 0.717) is 43.1 Å². The van der Waals surface area contributed by atoms with Crippen molar-refractivity contribution in [3.63, 3.8) is 0 Å². The molecule has 0 aromatic heterocycles. The molecule has 1 rings (SSSR count). The summed E-state index contributed by atoms with van der Waals surface area (Å²) in [5.41, 5.74) is 0.768. The van der Waals surface area contributed by atoms with E-state index in [2.05, 4.69) is 5.32 Å². The molecule has 1 aromatic carbocycles. The molecule has 23 heavy (non-hydrogen) atoms. The Balaban J connectivity index is 2.60. The van der Waals surface area contributed by atoms with Crippen LogP contribution in [0.4, 0.5) is 0 Å². The second-order valence-electron chi connectivity index (χ2n) is 4.87. The highest BCUT2D eigenvalue weighted by molar-refractivity contribution is 5.76. The first-order valence-corrected chi connectivity index (χ1v) is 7.29. The highest BCUT2D eigenvalue weighted by Gasteiger charge is 2.16. The van der Waals surface area contributed by atoms with Crippen molar-refractivity contribution in [3.05, 3.63) is 17.7 Å². The summed E-state index contributed by atoms with van der Waals surface area (Å²) in [5, 5.41) is 11.3. The molecule has 0 unspecified atom stereocenters. The summed E-state index contributed by atoms with van der Waals surface area (Å²) < 4.78 is 15.8. The van der Waals surface area contributed by atoms with Crippen LogP contribution in [0, 0.1) is 0 Å². The molecule has 0 radical (unpaired) electrons. The Morgan fingerprint density at radius 1 is 1.00 bits per heavy atom. The highest BCUT2D eigenvalue weighted by Crippen LogP contribution is 2.39. The number of hydrogen-bond donors (Lipinski definition) is 2. The number of carbonyl (C=O) groups excluding carboxylic acids is 1. The van der Waals surface area contributed by atoms with Crippen molar-refractivity contribution >= 4 is 11.9 Å². The van der Waals surface area contributed by atoms with E-state index < -0.39 is 5.97 Å². The van der Waals surface area contributed by atoms with Crippen LogP contribution in [0.3, 0.4) is 0 Å². The Morgan fingerprint density at radius 3 is 2.22 bits per heavy atom. The Labute approximate surface area is 135 Å². The highest BCUT2D eigenvalue weighted by atomic mass is 16.5. The fraction of sp³-hybridized carbons (Fsp3) is 0.500. The van der Waals surface area contributed by atoms with Crippen molar-refractivity contribution in [1.29, 1.82) is 0 Å². The van der Waals surface area contributed by atoms with Crippen LogP contribution in [0.5, 0.6) is 17.2 Å². The van der Waals surface area contributed by atoms with Crippen LogP contribution >= 0.6 is 0 Å². The van der Waals surface area contributed by atoms with E-state index in [4.69, 9.17) is 19.3 Å². The molecule has 0 aliphatic carbocycles. The largest absolute Gasteiger partial charge is 0.493 e. The van der Waals surface area contributed by atoms with E-state index >= 15 is 0 Å². The van der Waals surface area contributed by atoms with Gasteiger partial charge < -0.3 is 24.6 Å². The molecule has 128 valence electrons. The zero-order chi connectivity index (χ0) is 17.2. The van der Waals surface area contributed by atoms with Gasteiger partial charge in [-0.25, -0.2) is 0 Å². The average molecular weight is 325 g/mol. The Hall–Kier alpha value is -2.44. The van der Waals surface area contributed by atoms with E-state index in [9.17, 15) is 9.59 Å². The summed E-state index contributed by atoms with van der Waals surface area (Å²) >= 11 is 0. The minimum atomic E-state index is -0.847. The Bertz CT molecular complexity index is 544. The molecule has 0 saturated heterocycles. The van der Waals surface area contributed by atoms with Crippen LogP contribution in [0.15, 0.2) is 12.1 Å². The van der Waals surface area contributed by atoms with Gasteiger partial charge in [0.25, 0.3) is 0 Å². The summed E-state index contributed by atoms with van der Waals surface area (Å²) in [7, 11) is 4.58. The van der Waals surface area contributed by atoms with Crippen molar-refractivity contribution in [1.82, 2.24) is 5.32 Å². The predicted octanol–water partition coefficient (Wildman–Crippen LogP) is 1.97. The molecule has 7 heteroatoms. The maximum Gasteiger partial charge on any atom is 0.303 e. The van der Waals surface area contributed by atoms with Gasteiger partial charge in [0.2, 0.25) is 11.7 Å². The lowest BCUT2D eigenvalue weighted by molar-refractivity contribution is -0.137. The number of nitrogens with one attached hydrogen (secondary N) is 1. The van der Waals surface area contributed by atoms with Crippen LogP contribution in [-0.2, 0) is 16.1 Å². The van der Waals surface area contributed by atoms with Gasteiger partial charge in [-0.1, -0.05) is 0 Å². The zero-order valence-electron chi connectivity index (χ0n) is 13.7. The van der Waals surface area contributed by atoms with Crippen molar-refractivity contribution in [3.8, 4) is 17.2 Å². The van der Waals surface area contributed by atoms with E-state index in [1.54, 1.807) is 12.1 Å². The third kappa shape index (κ3) is 5.69. The van der Waals surface area contributed by atoms with Crippen LogP contribution < -0.4 is 19.5 Å². The minimum absolute atomic E-state index is 0.0801. The summed E-state index contributed by atoms with van der Waals surface area (Å²) in [6.45, 7) is 0.293. The van der Waals surface area contributed by atoms with E-state index in [0.717, 1.165) is 5.56 Å². The maximum absolute atomic E-state index is 11.8. The first kappa shape index (κ1) is 18.6. The van der Waals surface area contributed by atoms with Crippen molar-refractivity contribution < 1.29 is 28.9 Å². The molecule has 0 heterocycles. The molecule has 0 bridgehead atoms. The van der Waals surface area contributed by atoms with Gasteiger partial charge in [0.1, 0.15) is 0 Å². The molecule has 0 spiro atoms. The topological polar surface area (TPSA) is 94.1 Å². The summed E-state index contributed by atoms with van der Waals surface area (Å²) in [6.07, 6.45) is 1.41. The van der Waals surface area contributed by atoms with E-state index in [1.807, 2.05) is 0 Å². The number of amides is 1. The third-order valence-electron chi connectivity index (χ3n) is 3.31. The number of benzene rings is 1. The van der Waals surface area contributed by atoms with Gasteiger partial charge >= 0.3 is 5.97 Å². The lowest BCUT2D eigenvalue weighted by Gasteiger charge is -2.16. The lowest BCUT2D eigenvalue weighted by Crippen LogP contribution is -2.22. The summed E-state index contributed by atoms with van der Waals surface area (Å²) in [4.78, 5) is 22.2. The molecule has 7 nitrogen and oxygen atoms in total. The lowest BCUT2D eigenvalue weighted by atomic mass is 10.1. The minimum Gasteiger partial charge on any atom is -0.493 e. The molecule has 0 atom stereocenters. The molecule has 0 fully saturated rings. The Kier molecular flexibility index (Phi) is 7.73. The fourth-order valence-electron chi connectivity index (χ4n) is 2.15. The number of carboxylic acid groups (broad SMARTS) is 1. The maximum atomic E-state index is 11.8. The second kappa shape index (κ2) is 9.55. The summed E-state index contributed by atoms with van der Waals surface area (Å²) in [5.74, 6) is 0.557. The van der Waals surface area contributed by atoms with Crippen LogP contribution in [0.25, 0.3) is 0 Å². The van der Waals surface area contributed by atoms with Gasteiger partial charge in [-0.2, -0.15) is 0 Å². The first-order chi connectivity index (χ1) is 11.0. The number of aliphatic carboxylic acids is 1. The molecule has 1 aromatic rings. The van der Waals surface area contributed by atoms with Gasteiger partial charge in [-0.05, 0) is 25.0 Å². The number of unbranched alkanes of at least 4 members (excludes halogenated alkanes) is 1. The fourth-order valence-corrected chi connectivity index (χ4v) is 2.15. The van der Waals surface area contributed by atoms with Crippen LogP contribution in [0.2, 0.25) is 0 Å². The monoisotopic (exact) mass is 325 g/mol. The van der Waals surface area contributed by atoms with E-state index in [-0.39, 0.29) is 12.3 Å². The van der Waals surface area contributed by atoms with Crippen molar-refractivity contribution in [2.45, 2.75) is 32.2 Å².